The second kappa shape index (κ2) is 9.05. The van der Waals surface area contributed by atoms with Crippen molar-refractivity contribution in [3.8, 4) is 23.0 Å². The Morgan fingerprint density at radius 2 is 1.57 bits per heavy atom. The van der Waals surface area contributed by atoms with Crippen LogP contribution in [0.5, 0.6) is 23.0 Å². The van der Waals surface area contributed by atoms with E-state index < -0.39 is 15.9 Å². The summed E-state index contributed by atoms with van der Waals surface area (Å²) in [6.45, 7) is 1.30. The zero-order valence-electron chi connectivity index (χ0n) is 19.7. The molecule has 35 heavy (non-hydrogen) atoms. The molecule has 3 aromatic rings. The minimum absolute atomic E-state index is 0.112. The van der Waals surface area contributed by atoms with Crippen LogP contribution in [0.1, 0.15) is 28.3 Å². The third-order valence-electron chi connectivity index (χ3n) is 6.72. The van der Waals surface area contributed by atoms with Crippen molar-refractivity contribution in [1.29, 1.82) is 0 Å². The predicted octanol–water partition coefficient (Wildman–Crippen LogP) is 4.27. The standard InChI is InChI=1S/C26H26FNO6S/c1-31-23-9-4-16-12-22-20-14-25(33-3)24(32-2)13-17(20)10-11-28(22)15-21(16)26(23)34-35(29,30)19-7-5-18(27)6-8-19/h4-9,13-14,22H,10-12,15H2,1-3H3. The molecule has 0 saturated heterocycles. The summed E-state index contributed by atoms with van der Waals surface area (Å²) in [5.41, 5.74) is 4.15. The lowest BCUT2D eigenvalue weighted by Gasteiger charge is -2.42. The summed E-state index contributed by atoms with van der Waals surface area (Å²) in [5, 5.41) is 0. The van der Waals surface area contributed by atoms with Crippen molar-refractivity contribution in [2.24, 2.45) is 0 Å². The normalized spacial score (nSPS) is 17.1. The van der Waals surface area contributed by atoms with E-state index in [1.807, 2.05) is 18.2 Å². The Morgan fingerprint density at radius 3 is 2.26 bits per heavy atom. The van der Waals surface area contributed by atoms with E-state index in [2.05, 4.69) is 4.90 Å². The average molecular weight is 500 g/mol. The van der Waals surface area contributed by atoms with Crippen LogP contribution >= 0.6 is 0 Å². The van der Waals surface area contributed by atoms with Crippen LogP contribution < -0.4 is 18.4 Å². The molecule has 9 heteroatoms. The zero-order chi connectivity index (χ0) is 24.7. The molecule has 2 heterocycles. The van der Waals surface area contributed by atoms with Crippen molar-refractivity contribution in [2.45, 2.75) is 30.3 Å². The molecule has 2 aliphatic rings. The van der Waals surface area contributed by atoms with Crippen LogP contribution in [-0.4, -0.2) is 41.2 Å². The van der Waals surface area contributed by atoms with Gasteiger partial charge in [0.1, 0.15) is 10.7 Å². The molecule has 0 spiro atoms. The average Bonchev–Trinajstić information content (AvgIpc) is 2.87. The number of halogens is 1. The van der Waals surface area contributed by atoms with Gasteiger partial charge in [-0.15, -0.1) is 0 Å². The number of fused-ring (bicyclic) bond motifs is 4. The second-order valence-electron chi connectivity index (χ2n) is 8.57. The van der Waals surface area contributed by atoms with Crippen LogP contribution in [0.3, 0.4) is 0 Å². The van der Waals surface area contributed by atoms with E-state index in [0.717, 1.165) is 36.2 Å². The Hall–Kier alpha value is -3.30. The summed E-state index contributed by atoms with van der Waals surface area (Å²) in [4.78, 5) is 2.19. The molecular weight excluding hydrogens is 473 g/mol. The number of ether oxygens (including phenoxy) is 3. The minimum Gasteiger partial charge on any atom is -0.493 e. The molecule has 5 rings (SSSR count). The Kier molecular flexibility index (Phi) is 6.06. The Labute approximate surface area is 204 Å². The highest BCUT2D eigenvalue weighted by molar-refractivity contribution is 7.87. The van der Waals surface area contributed by atoms with Gasteiger partial charge in [0, 0.05) is 24.7 Å². The summed E-state index contributed by atoms with van der Waals surface area (Å²) < 4.78 is 61.4. The summed E-state index contributed by atoms with van der Waals surface area (Å²) in [5.74, 6) is 1.37. The van der Waals surface area contributed by atoms with Crippen molar-refractivity contribution in [1.82, 2.24) is 4.90 Å². The number of benzene rings is 3. The van der Waals surface area contributed by atoms with Gasteiger partial charge in [0.05, 0.1) is 21.3 Å². The number of nitrogens with zero attached hydrogens (tertiary/aromatic N) is 1. The predicted molar refractivity (Wildman–Crippen MR) is 127 cm³/mol. The second-order valence-corrected chi connectivity index (χ2v) is 10.1. The monoisotopic (exact) mass is 499 g/mol. The van der Waals surface area contributed by atoms with Crippen molar-refractivity contribution >= 4 is 10.1 Å². The Morgan fingerprint density at radius 1 is 0.886 bits per heavy atom. The quantitative estimate of drug-likeness (QED) is 0.469. The van der Waals surface area contributed by atoms with Crippen LogP contribution in [-0.2, 0) is 29.5 Å². The van der Waals surface area contributed by atoms with E-state index >= 15 is 0 Å². The first-order chi connectivity index (χ1) is 16.8. The largest absolute Gasteiger partial charge is 0.493 e. The van der Waals surface area contributed by atoms with Gasteiger partial charge in [0.2, 0.25) is 0 Å². The fourth-order valence-corrected chi connectivity index (χ4v) is 5.91. The van der Waals surface area contributed by atoms with Gasteiger partial charge in [-0.3, -0.25) is 4.90 Å². The highest BCUT2D eigenvalue weighted by Gasteiger charge is 2.36. The number of hydrogen-bond acceptors (Lipinski definition) is 7. The molecule has 0 N–H and O–H groups in total. The van der Waals surface area contributed by atoms with Gasteiger partial charge in [0.15, 0.2) is 23.0 Å². The van der Waals surface area contributed by atoms with Crippen molar-refractivity contribution in [2.75, 3.05) is 27.9 Å². The van der Waals surface area contributed by atoms with Gasteiger partial charge in [-0.2, -0.15) is 8.42 Å². The molecule has 0 radical (unpaired) electrons. The van der Waals surface area contributed by atoms with Crippen LogP contribution in [0.2, 0.25) is 0 Å². The van der Waals surface area contributed by atoms with Gasteiger partial charge in [-0.05, 0) is 72.0 Å². The van der Waals surface area contributed by atoms with Gasteiger partial charge in [-0.1, -0.05) is 6.07 Å². The van der Waals surface area contributed by atoms with E-state index in [1.165, 1.54) is 30.4 Å². The molecular formula is C26H26FNO6S. The lowest BCUT2D eigenvalue weighted by molar-refractivity contribution is 0.158. The molecule has 1 unspecified atom stereocenters. The van der Waals surface area contributed by atoms with Crippen LogP contribution in [0.25, 0.3) is 0 Å². The number of hydrogen-bond donors (Lipinski definition) is 0. The van der Waals surface area contributed by atoms with E-state index in [9.17, 15) is 12.8 Å². The van der Waals surface area contributed by atoms with Crippen LogP contribution in [0.15, 0.2) is 53.4 Å². The first-order valence-electron chi connectivity index (χ1n) is 11.2. The van der Waals surface area contributed by atoms with Crippen LogP contribution in [0.4, 0.5) is 4.39 Å². The van der Waals surface area contributed by atoms with Gasteiger partial charge >= 0.3 is 10.1 Å². The SMILES string of the molecule is COc1cc2c(cc1OC)C1Cc3ccc(OC)c(OS(=O)(=O)c4ccc(F)cc4)c3CN1CC2. The van der Waals surface area contributed by atoms with Crippen molar-refractivity contribution < 1.29 is 31.2 Å². The fraction of sp³-hybridized carbons (Fsp3) is 0.308. The summed E-state index contributed by atoms with van der Waals surface area (Å²) >= 11 is 0. The summed E-state index contributed by atoms with van der Waals surface area (Å²) in [6, 6.07) is 12.4. The first-order valence-corrected chi connectivity index (χ1v) is 12.6. The Bertz CT molecular complexity index is 1370. The van der Waals surface area contributed by atoms with Crippen molar-refractivity contribution in [3.05, 3.63) is 76.6 Å². The maximum absolute atomic E-state index is 13.3. The smallest absolute Gasteiger partial charge is 0.339 e. The lowest BCUT2D eigenvalue weighted by Crippen LogP contribution is -2.39. The minimum atomic E-state index is -4.19. The zero-order valence-corrected chi connectivity index (χ0v) is 20.5. The molecule has 2 aliphatic heterocycles. The van der Waals surface area contributed by atoms with Crippen molar-refractivity contribution in [3.63, 3.8) is 0 Å². The molecule has 0 bridgehead atoms. The van der Waals surface area contributed by atoms with E-state index in [-0.39, 0.29) is 16.7 Å². The fourth-order valence-electron chi connectivity index (χ4n) is 4.94. The molecule has 184 valence electrons. The molecule has 0 aromatic heterocycles. The molecule has 0 fully saturated rings. The van der Waals surface area contributed by atoms with E-state index in [1.54, 1.807) is 20.3 Å². The Balaban J connectivity index is 1.53. The molecule has 1 atom stereocenters. The van der Waals surface area contributed by atoms with Crippen LogP contribution in [0, 0.1) is 5.82 Å². The van der Waals surface area contributed by atoms with E-state index in [0.29, 0.717) is 30.2 Å². The highest BCUT2D eigenvalue weighted by Crippen LogP contribution is 2.46. The maximum atomic E-state index is 13.3. The van der Waals surface area contributed by atoms with E-state index in [4.69, 9.17) is 18.4 Å². The van der Waals surface area contributed by atoms with Gasteiger partial charge in [-0.25, -0.2) is 4.39 Å². The highest BCUT2D eigenvalue weighted by atomic mass is 32.2. The first kappa shape index (κ1) is 23.4. The molecule has 0 aliphatic carbocycles. The number of rotatable bonds is 6. The topological polar surface area (TPSA) is 74.3 Å². The molecule has 0 saturated carbocycles. The third kappa shape index (κ3) is 4.19. The molecule has 7 nitrogen and oxygen atoms in total. The summed E-state index contributed by atoms with van der Waals surface area (Å²) in [7, 11) is 0.541. The molecule has 3 aromatic carbocycles. The van der Waals surface area contributed by atoms with Gasteiger partial charge < -0.3 is 18.4 Å². The van der Waals surface area contributed by atoms with Gasteiger partial charge in [0.25, 0.3) is 0 Å². The molecule has 0 amide bonds. The maximum Gasteiger partial charge on any atom is 0.339 e. The lowest BCUT2D eigenvalue weighted by atomic mass is 9.83. The third-order valence-corrected chi connectivity index (χ3v) is 7.96. The summed E-state index contributed by atoms with van der Waals surface area (Å²) in [6.07, 6.45) is 1.50. The number of methoxy groups -OCH3 is 3.